The van der Waals surface area contributed by atoms with Crippen LogP contribution in [0.3, 0.4) is 0 Å². The molecule has 0 spiro atoms. The molecule has 2 heteroatoms. The van der Waals surface area contributed by atoms with Gasteiger partial charge in [0.1, 0.15) is 5.76 Å². The van der Waals surface area contributed by atoms with Gasteiger partial charge in [-0.15, -0.1) is 0 Å². The molecule has 2 rings (SSSR count). The summed E-state index contributed by atoms with van der Waals surface area (Å²) in [6, 6.07) is 10.8. The van der Waals surface area contributed by atoms with E-state index in [9.17, 15) is 0 Å². The minimum absolute atomic E-state index is 0.146. The van der Waals surface area contributed by atoms with Crippen molar-refractivity contribution in [2.24, 2.45) is 0 Å². The highest BCUT2D eigenvalue weighted by Crippen LogP contribution is 2.33. The van der Waals surface area contributed by atoms with Crippen molar-refractivity contribution in [1.29, 1.82) is 0 Å². The van der Waals surface area contributed by atoms with Gasteiger partial charge in [0.2, 0.25) is 0 Å². The van der Waals surface area contributed by atoms with Gasteiger partial charge in [-0.25, -0.2) is 0 Å². The van der Waals surface area contributed by atoms with Gasteiger partial charge in [-0.05, 0) is 42.5 Å². The monoisotopic (exact) mass is 306 g/mol. The molecule has 96 valence electrons. The van der Waals surface area contributed by atoms with Crippen molar-refractivity contribution in [3.63, 3.8) is 0 Å². The Morgan fingerprint density at radius 1 is 1.17 bits per heavy atom. The number of furan rings is 1. The highest BCUT2D eigenvalue weighted by Gasteiger charge is 2.15. The van der Waals surface area contributed by atoms with Crippen LogP contribution in [0.4, 0.5) is 0 Å². The predicted octanol–water partition coefficient (Wildman–Crippen LogP) is 5.41. The molecule has 0 aliphatic carbocycles. The first kappa shape index (κ1) is 13.4. The third kappa shape index (κ3) is 3.05. The predicted molar refractivity (Wildman–Crippen MR) is 79.3 cm³/mol. The number of unbranched alkanes of at least 4 members (excludes halogenated alkanes) is 1. The molecule has 1 heterocycles. The summed E-state index contributed by atoms with van der Waals surface area (Å²) in [5, 5.41) is 0. The number of halogens is 1. The largest absolute Gasteiger partial charge is 0.468 e. The van der Waals surface area contributed by atoms with Crippen molar-refractivity contribution in [3.8, 4) is 0 Å². The topological polar surface area (TPSA) is 13.1 Å². The van der Waals surface area contributed by atoms with Crippen LogP contribution in [0.2, 0.25) is 0 Å². The van der Waals surface area contributed by atoms with Crippen LogP contribution in [0.5, 0.6) is 0 Å². The molecular weight excluding hydrogens is 288 g/mol. The maximum atomic E-state index is 5.53. The van der Waals surface area contributed by atoms with E-state index in [0.717, 1.165) is 5.76 Å². The molecule has 0 amide bonds. The average molecular weight is 307 g/mol. The zero-order valence-corrected chi connectivity index (χ0v) is 12.5. The summed E-state index contributed by atoms with van der Waals surface area (Å²) in [7, 11) is 0. The fraction of sp³-hybridized carbons (Fsp3) is 0.375. The van der Waals surface area contributed by atoms with Crippen LogP contribution >= 0.6 is 15.9 Å². The van der Waals surface area contributed by atoms with E-state index in [0.29, 0.717) is 0 Å². The summed E-state index contributed by atoms with van der Waals surface area (Å²) in [4.78, 5) is 0.146. The lowest BCUT2D eigenvalue weighted by molar-refractivity contribution is 0.517. The maximum absolute atomic E-state index is 5.53. The number of alkyl halides is 1. The molecule has 0 aliphatic heterocycles. The molecule has 0 fully saturated rings. The van der Waals surface area contributed by atoms with Crippen LogP contribution in [0.1, 0.15) is 47.0 Å². The minimum Gasteiger partial charge on any atom is -0.468 e. The number of benzene rings is 1. The van der Waals surface area contributed by atoms with E-state index < -0.39 is 0 Å². The molecule has 18 heavy (non-hydrogen) atoms. The Kier molecular flexibility index (Phi) is 4.65. The molecule has 0 N–H and O–H groups in total. The Labute approximate surface area is 117 Å². The SMILES string of the molecule is CCCCc1ccc(C(Br)c2occc2C)cc1. The van der Waals surface area contributed by atoms with E-state index in [1.54, 1.807) is 6.26 Å². The average Bonchev–Trinajstić information content (AvgIpc) is 2.82. The normalized spacial score (nSPS) is 12.6. The van der Waals surface area contributed by atoms with Gasteiger partial charge in [0.15, 0.2) is 0 Å². The first-order valence-corrected chi connectivity index (χ1v) is 7.41. The lowest BCUT2D eigenvalue weighted by atomic mass is 10.0. The van der Waals surface area contributed by atoms with Crippen LogP contribution in [0, 0.1) is 6.92 Å². The van der Waals surface area contributed by atoms with Crippen LogP contribution in [-0.2, 0) is 6.42 Å². The van der Waals surface area contributed by atoms with Crippen molar-refractivity contribution >= 4 is 15.9 Å². The Morgan fingerprint density at radius 2 is 1.89 bits per heavy atom. The molecular formula is C16H19BrO. The smallest absolute Gasteiger partial charge is 0.124 e. The van der Waals surface area contributed by atoms with Gasteiger partial charge >= 0.3 is 0 Å². The van der Waals surface area contributed by atoms with Crippen LogP contribution < -0.4 is 0 Å². The lowest BCUT2D eigenvalue weighted by Gasteiger charge is -2.09. The molecule has 1 nitrogen and oxygen atoms in total. The minimum atomic E-state index is 0.146. The molecule has 0 saturated carbocycles. The molecule has 1 unspecified atom stereocenters. The van der Waals surface area contributed by atoms with Crippen LogP contribution in [0.15, 0.2) is 41.0 Å². The van der Waals surface area contributed by atoms with Crippen molar-refractivity contribution in [2.45, 2.75) is 37.9 Å². The highest BCUT2D eigenvalue weighted by atomic mass is 79.9. The zero-order valence-electron chi connectivity index (χ0n) is 10.9. The Balaban J connectivity index is 2.12. The van der Waals surface area contributed by atoms with Crippen LogP contribution in [0.25, 0.3) is 0 Å². The first-order chi connectivity index (χ1) is 8.72. The fourth-order valence-electron chi connectivity index (χ4n) is 2.03. The number of rotatable bonds is 5. The van der Waals surface area contributed by atoms with Gasteiger partial charge < -0.3 is 4.42 Å². The van der Waals surface area contributed by atoms with E-state index in [-0.39, 0.29) is 4.83 Å². The summed E-state index contributed by atoms with van der Waals surface area (Å²) < 4.78 is 5.53. The lowest BCUT2D eigenvalue weighted by Crippen LogP contribution is -1.93. The first-order valence-electron chi connectivity index (χ1n) is 6.49. The zero-order chi connectivity index (χ0) is 13.0. The van der Waals surface area contributed by atoms with Crippen molar-refractivity contribution in [1.82, 2.24) is 0 Å². The summed E-state index contributed by atoms with van der Waals surface area (Å²) in [6.07, 6.45) is 5.42. The second kappa shape index (κ2) is 6.24. The molecule has 0 bridgehead atoms. The third-order valence-corrected chi connectivity index (χ3v) is 4.17. The molecule has 1 aromatic heterocycles. The summed E-state index contributed by atoms with van der Waals surface area (Å²) in [6.45, 7) is 4.30. The van der Waals surface area contributed by atoms with E-state index in [1.165, 1.54) is 36.0 Å². The molecule has 1 atom stereocenters. The number of hydrogen-bond acceptors (Lipinski definition) is 1. The Morgan fingerprint density at radius 3 is 2.44 bits per heavy atom. The molecule has 0 saturated heterocycles. The number of aryl methyl sites for hydroxylation is 2. The molecule has 1 aromatic carbocycles. The highest BCUT2D eigenvalue weighted by molar-refractivity contribution is 9.09. The van der Waals surface area contributed by atoms with E-state index in [2.05, 4.69) is 54.0 Å². The van der Waals surface area contributed by atoms with Crippen molar-refractivity contribution < 1.29 is 4.42 Å². The van der Waals surface area contributed by atoms with Gasteiger partial charge in [0, 0.05) is 0 Å². The van der Waals surface area contributed by atoms with Gasteiger partial charge in [-0.1, -0.05) is 53.5 Å². The third-order valence-electron chi connectivity index (χ3n) is 3.22. The Bertz CT molecular complexity index is 484. The second-order valence-corrected chi connectivity index (χ2v) is 5.59. The van der Waals surface area contributed by atoms with E-state index in [4.69, 9.17) is 4.42 Å². The quantitative estimate of drug-likeness (QED) is 0.673. The van der Waals surface area contributed by atoms with Crippen molar-refractivity contribution in [3.05, 3.63) is 59.0 Å². The standard InChI is InChI=1S/C16H19BrO/c1-3-4-5-13-6-8-14(9-7-13)15(17)16-12(2)10-11-18-16/h6-11,15H,3-5H2,1-2H3. The van der Waals surface area contributed by atoms with Crippen molar-refractivity contribution in [2.75, 3.05) is 0 Å². The van der Waals surface area contributed by atoms with E-state index >= 15 is 0 Å². The summed E-state index contributed by atoms with van der Waals surface area (Å²) in [5.74, 6) is 0.997. The molecule has 0 aliphatic rings. The summed E-state index contributed by atoms with van der Waals surface area (Å²) in [5.41, 5.74) is 3.84. The van der Waals surface area contributed by atoms with Gasteiger partial charge in [0.05, 0.1) is 11.1 Å². The van der Waals surface area contributed by atoms with Crippen LogP contribution in [-0.4, -0.2) is 0 Å². The Hall–Kier alpha value is -1.02. The van der Waals surface area contributed by atoms with Gasteiger partial charge in [-0.2, -0.15) is 0 Å². The van der Waals surface area contributed by atoms with E-state index in [1.807, 2.05) is 6.07 Å². The second-order valence-electron chi connectivity index (χ2n) is 4.68. The molecule has 0 radical (unpaired) electrons. The maximum Gasteiger partial charge on any atom is 0.124 e. The molecule has 2 aromatic rings. The van der Waals surface area contributed by atoms with Gasteiger partial charge in [0.25, 0.3) is 0 Å². The fourth-order valence-corrected chi connectivity index (χ4v) is 2.80. The number of hydrogen-bond donors (Lipinski definition) is 0. The van der Waals surface area contributed by atoms with Gasteiger partial charge in [-0.3, -0.25) is 0 Å². The summed E-state index contributed by atoms with van der Waals surface area (Å²) >= 11 is 3.71.